The summed E-state index contributed by atoms with van der Waals surface area (Å²) in [5.74, 6) is 0. The van der Waals surface area contributed by atoms with Gasteiger partial charge >= 0.3 is 0 Å². The van der Waals surface area contributed by atoms with E-state index >= 15 is 0 Å². The normalized spacial score (nSPS) is 14.4. The highest BCUT2D eigenvalue weighted by atomic mass is 32.1. The van der Waals surface area contributed by atoms with Crippen LogP contribution in [0.5, 0.6) is 0 Å². The maximum absolute atomic E-state index is 4.69. The van der Waals surface area contributed by atoms with Crippen molar-refractivity contribution >= 4 is 21.6 Å². The van der Waals surface area contributed by atoms with Gasteiger partial charge in [0.05, 0.1) is 21.8 Å². The largest absolute Gasteiger partial charge is 0.310 e. The van der Waals surface area contributed by atoms with Crippen molar-refractivity contribution in [1.29, 1.82) is 0 Å². The van der Waals surface area contributed by atoms with Crippen molar-refractivity contribution in [3.05, 3.63) is 41.9 Å². The summed E-state index contributed by atoms with van der Waals surface area (Å²) in [6.07, 6.45) is 4.26. The first kappa shape index (κ1) is 14.2. The van der Waals surface area contributed by atoms with Gasteiger partial charge in [0.25, 0.3) is 0 Å². The van der Waals surface area contributed by atoms with Crippen molar-refractivity contribution in [2.24, 2.45) is 0 Å². The molecule has 0 radical (unpaired) electrons. The average Bonchev–Trinajstić information content (AvgIpc) is 3.06. The van der Waals surface area contributed by atoms with Gasteiger partial charge in [0.2, 0.25) is 0 Å². The predicted octanol–water partition coefficient (Wildman–Crippen LogP) is 2.50. The number of para-hydroxylation sites is 1. The molecule has 0 amide bonds. The monoisotopic (exact) mass is 301 g/mol. The number of hydrogen-bond acceptors (Lipinski definition) is 5. The lowest BCUT2D eigenvalue weighted by Crippen LogP contribution is -2.38. The molecule has 110 valence electrons. The van der Waals surface area contributed by atoms with Crippen LogP contribution >= 0.6 is 11.3 Å². The molecule has 0 fully saturated rings. The highest BCUT2D eigenvalue weighted by molar-refractivity contribution is 7.18. The SMILES string of the molecule is C[C@@H](Cc1nc2ccccc2s1)N[C@@H](C)Cn1cncn1. The molecule has 2 atom stereocenters. The Morgan fingerprint density at radius 2 is 2.10 bits per heavy atom. The van der Waals surface area contributed by atoms with Crippen molar-refractivity contribution in [1.82, 2.24) is 25.1 Å². The second-order valence-electron chi connectivity index (χ2n) is 5.37. The first-order valence-electron chi connectivity index (χ1n) is 7.13. The Kier molecular flexibility index (Phi) is 4.26. The maximum Gasteiger partial charge on any atom is 0.137 e. The maximum atomic E-state index is 4.69. The Morgan fingerprint density at radius 3 is 2.86 bits per heavy atom. The molecule has 0 spiro atoms. The van der Waals surface area contributed by atoms with Gasteiger partial charge in [-0.1, -0.05) is 12.1 Å². The van der Waals surface area contributed by atoms with Gasteiger partial charge in [-0.3, -0.25) is 4.68 Å². The Bertz CT molecular complexity index is 658. The molecule has 3 aromatic rings. The van der Waals surface area contributed by atoms with Gasteiger partial charge in [0, 0.05) is 18.5 Å². The molecule has 5 nitrogen and oxygen atoms in total. The zero-order valence-corrected chi connectivity index (χ0v) is 13.0. The fourth-order valence-corrected chi connectivity index (χ4v) is 3.57. The van der Waals surface area contributed by atoms with E-state index in [1.807, 2.05) is 10.7 Å². The Morgan fingerprint density at radius 1 is 1.24 bits per heavy atom. The molecule has 21 heavy (non-hydrogen) atoms. The highest BCUT2D eigenvalue weighted by Gasteiger charge is 2.11. The van der Waals surface area contributed by atoms with Crippen LogP contribution in [0.25, 0.3) is 10.2 Å². The van der Waals surface area contributed by atoms with E-state index in [-0.39, 0.29) is 0 Å². The molecule has 0 unspecified atom stereocenters. The van der Waals surface area contributed by atoms with Gasteiger partial charge in [-0.2, -0.15) is 5.10 Å². The summed E-state index contributed by atoms with van der Waals surface area (Å²) in [5.41, 5.74) is 1.10. The summed E-state index contributed by atoms with van der Waals surface area (Å²) >= 11 is 1.78. The zero-order chi connectivity index (χ0) is 14.7. The molecule has 2 heterocycles. The van der Waals surface area contributed by atoms with Gasteiger partial charge in [0.1, 0.15) is 12.7 Å². The minimum absolute atomic E-state index is 0.344. The van der Waals surface area contributed by atoms with E-state index in [9.17, 15) is 0 Å². The summed E-state index contributed by atoms with van der Waals surface area (Å²) in [4.78, 5) is 8.65. The van der Waals surface area contributed by atoms with Crippen LogP contribution in [0.3, 0.4) is 0 Å². The predicted molar refractivity (Wildman–Crippen MR) is 85.4 cm³/mol. The number of benzene rings is 1. The van der Waals surface area contributed by atoms with Gasteiger partial charge in [-0.15, -0.1) is 11.3 Å². The van der Waals surface area contributed by atoms with Crippen LogP contribution in [0.15, 0.2) is 36.9 Å². The third kappa shape index (κ3) is 3.65. The van der Waals surface area contributed by atoms with Crippen LogP contribution in [0, 0.1) is 0 Å². The van der Waals surface area contributed by atoms with Crippen molar-refractivity contribution in [2.45, 2.75) is 38.9 Å². The summed E-state index contributed by atoms with van der Waals surface area (Å²) in [6, 6.07) is 9.02. The lowest BCUT2D eigenvalue weighted by molar-refractivity contribution is 0.405. The van der Waals surface area contributed by atoms with Crippen molar-refractivity contribution in [3.63, 3.8) is 0 Å². The first-order valence-corrected chi connectivity index (χ1v) is 7.95. The second-order valence-corrected chi connectivity index (χ2v) is 6.48. The van der Waals surface area contributed by atoms with Crippen LogP contribution in [-0.4, -0.2) is 31.8 Å². The molecular formula is C15H19N5S. The standard InChI is InChI=1S/C15H19N5S/c1-11(18-12(2)8-20-10-16-9-17-20)7-15-19-13-5-3-4-6-14(13)21-15/h3-6,9-12,18H,7-8H2,1-2H3/t11-,12-/m0/s1. The van der Waals surface area contributed by atoms with Crippen molar-refractivity contribution in [2.75, 3.05) is 0 Å². The van der Waals surface area contributed by atoms with Crippen molar-refractivity contribution in [3.8, 4) is 0 Å². The van der Waals surface area contributed by atoms with Gasteiger partial charge in [-0.25, -0.2) is 9.97 Å². The van der Waals surface area contributed by atoms with E-state index < -0.39 is 0 Å². The number of aromatic nitrogens is 4. The lowest BCUT2D eigenvalue weighted by atomic mass is 10.2. The van der Waals surface area contributed by atoms with E-state index in [1.54, 1.807) is 24.0 Å². The van der Waals surface area contributed by atoms with E-state index in [4.69, 9.17) is 0 Å². The summed E-state index contributed by atoms with van der Waals surface area (Å²) in [7, 11) is 0. The Labute approximate surface area is 128 Å². The topological polar surface area (TPSA) is 55.6 Å². The summed E-state index contributed by atoms with van der Waals surface area (Å²) < 4.78 is 3.11. The van der Waals surface area contributed by atoms with Crippen LogP contribution < -0.4 is 5.32 Å². The number of nitrogens with zero attached hydrogens (tertiary/aromatic N) is 4. The molecule has 2 aromatic heterocycles. The van der Waals surface area contributed by atoms with E-state index in [0.717, 1.165) is 18.5 Å². The molecule has 0 bridgehead atoms. The molecule has 1 N–H and O–H groups in total. The second kappa shape index (κ2) is 6.32. The van der Waals surface area contributed by atoms with E-state index in [1.165, 1.54) is 9.71 Å². The third-order valence-electron chi connectivity index (χ3n) is 3.32. The minimum Gasteiger partial charge on any atom is -0.310 e. The molecule has 6 heteroatoms. The number of thiazole rings is 1. The van der Waals surface area contributed by atoms with E-state index in [2.05, 4.69) is 52.4 Å². The Hall–Kier alpha value is -1.79. The molecule has 3 rings (SSSR count). The average molecular weight is 301 g/mol. The van der Waals surface area contributed by atoms with Crippen LogP contribution in [0.2, 0.25) is 0 Å². The zero-order valence-electron chi connectivity index (χ0n) is 12.2. The molecule has 0 aliphatic carbocycles. The number of hydrogen-bond donors (Lipinski definition) is 1. The highest BCUT2D eigenvalue weighted by Crippen LogP contribution is 2.22. The van der Waals surface area contributed by atoms with Crippen LogP contribution in [0.4, 0.5) is 0 Å². The number of fused-ring (bicyclic) bond motifs is 1. The smallest absolute Gasteiger partial charge is 0.137 e. The third-order valence-corrected chi connectivity index (χ3v) is 4.37. The van der Waals surface area contributed by atoms with Crippen LogP contribution in [0.1, 0.15) is 18.9 Å². The molecule has 1 aromatic carbocycles. The lowest BCUT2D eigenvalue weighted by Gasteiger charge is -2.19. The summed E-state index contributed by atoms with van der Waals surface area (Å²) in [6.45, 7) is 5.19. The minimum atomic E-state index is 0.344. The number of nitrogens with one attached hydrogen (secondary N) is 1. The molecule has 0 saturated heterocycles. The summed E-state index contributed by atoms with van der Waals surface area (Å²) in [5, 5.41) is 8.90. The van der Waals surface area contributed by atoms with Crippen LogP contribution in [-0.2, 0) is 13.0 Å². The molecular weight excluding hydrogens is 282 g/mol. The van der Waals surface area contributed by atoms with Crippen molar-refractivity contribution < 1.29 is 0 Å². The molecule has 0 aliphatic heterocycles. The fourth-order valence-electron chi connectivity index (χ4n) is 2.47. The quantitative estimate of drug-likeness (QED) is 0.760. The molecule has 0 saturated carbocycles. The van der Waals surface area contributed by atoms with Gasteiger partial charge in [0.15, 0.2) is 0 Å². The van der Waals surface area contributed by atoms with E-state index in [0.29, 0.717) is 12.1 Å². The van der Waals surface area contributed by atoms with Gasteiger partial charge in [-0.05, 0) is 26.0 Å². The Balaban J connectivity index is 1.56. The number of rotatable bonds is 6. The molecule has 0 aliphatic rings. The fraction of sp³-hybridized carbons (Fsp3) is 0.400. The first-order chi connectivity index (χ1) is 10.2. The van der Waals surface area contributed by atoms with Gasteiger partial charge < -0.3 is 5.32 Å².